The number of nitrogens with zero attached hydrogens (tertiary/aromatic N) is 1. The fourth-order valence-corrected chi connectivity index (χ4v) is 2.82. The lowest BCUT2D eigenvalue weighted by atomic mass is 9.88. The largest absolute Gasteiger partial charge is 0.349 e. The standard InChI is InChI=1S/C17H19N3O/c18-11-16-10-14(7-8-19-16)17(21)20-15-6-5-12-3-1-2-4-13(12)9-15/h1-4,7-8,10,15H,5-6,9,11,18H2,(H,20,21). The number of fused-ring (bicyclic) bond motifs is 1. The highest BCUT2D eigenvalue weighted by molar-refractivity contribution is 5.94. The Balaban J connectivity index is 1.68. The maximum absolute atomic E-state index is 12.3. The molecule has 1 atom stereocenters. The first-order valence-electron chi connectivity index (χ1n) is 7.29. The Labute approximate surface area is 124 Å². The summed E-state index contributed by atoms with van der Waals surface area (Å²) < 4.78 is 0. The fourth-order valence-electron chi connectivity index (χ4n) is 2.82. The van der Waals surface area contributed by atoms with Gasteiger partial charge in [0, 0.05) is 24.3 Å². The molecule has 1 aromatic carbocycles. The van der Waals surface area contributed by atoms with Crippen LogP contribution in [-0.2, 0) is 19.4 Å². The second-order valence-corrected chi connectivity index (χ2v) is 5.42. The van der Waals surface area contributed by atoms with E-state index in [0.717, 1.165) is 25.0 Å². The van der Waals surface area contributed by atoms with Gasteiger partial charge in [0.2, 0.25) is 0 Å². The van der Waals surface area contributed by atoms with E-state index in [2.05, 4.69) is 34.6 Å². The highest BCUT2D eigenvalue weighted by Crippen LogP contribution is 2.21. The first-order chi connectivity index (χ1) is 10.3. The van der Waals surface area contributed by atoms with Crippen LogP contribution in [0.4, 0.5) is 0 Å². The normalized spacial score (nSPS) is 17.1. The Morgan fingerprint density at radius 3 is 2.90 bits per heavy atom. The maximum atomic E-state index is 12.3. The second kappa shape index (κ2) is 6.06. The van der Waals surface area contributed by atoms with Gasteiger partial charge < -0.3 is 11.1 Å². The van der Waals surface area contributed by atoms with E-state index in [1.807, 2.05) is 0 Å². The van der Waals surface area contributed by atoms with Crippen molar-refractivity contribution in [3.63, 3.8) is 0 Å². The van der Waals surface area contributed by atoms with E-state index in [1.165, 1.54) is 11.1 Å². The summed E-state index contributed by atoms with van der Waals surface area (Å²) in [5.41, 5.74) is 9.66. The minimum Gasteiger partial charge on any atom is -0.349 e. The maximum Gasteiger partial charge on any atom is 0.251 e. The van der Waals surface area contributed by atoms with Crippen molar-refractivity contribution in [1.82, 2.24) is 10.3 Å². The summed E-state index contributed by atoms with van der Waals surface area (Å²) in [5.74, 6) is -0.0449. The van der Waals surface area contributed by atoms with E-state index in [1.54, 1.807) is 18.3 Å². The van der Waals surface area contributed by atoms with Gasteiger partial charge in [0.15, 0.2) is 0 Å². The molecular formula is C17H19N3O. The summed E-state index contributed by atoms with van der Waals surface area (Å²) in [5, 5.41) is 3.12. The Hall–Kier alpha value is -2.20. The molecule has 1 amide bonds. The summed E-state index contributed by atoms with van der Waals surface area (Å²) in [6.07, 6.45) is 4.53. The Morgan fingerprint density at radius 1 is 1.29 bits per heavy atom. The molecule has 108 valence electrons. The molecule has 1 aliphatic carbocycles. The highest BCUT2D eigenvalue weighted by Gasteiger charge is 2.20. The van der Waals surface area contributed by atoms with Crippen molar-refractivity contribution in [3.8, 4) is 0 Å². The first kappa shape index (κ1) is 13.8. The van der Waals surface area contributed by atoms with Crippen molar-refractivity contribution in [3.05, 3.63) is 65.0 Å². The molecule has 3 rings (SSSR count). The molecule has 0 saturated heterocycles. The topological polar surface area (TPSA) is 68.0 Å². The predicted octanol–water partition coefficient (Wildman–Crippen LogP) is 1.83. The van der Waals surface area contributed by atoms with Crippen LogP contribution < -0.4 is 11.1 Å². The number of hydrogen-bond donors (Lipinski definition) is 2. The number of rotatable bonds is 3. The van der Waals surface area contributed by atoms with Crippen LogP contribution >= 0.6 is 0 Å². The minimum atomic E-state index is -0.0449. The molecule has 21 heavy (non-hydrogen) atoms. The van der Waals surface area contributed by atoms with Crippen molar-refractivity contribution in [1.29, 1.82) is 0 Å². The van der Waals surface area contributed by atoms with Gasteiger partial charge in [0.1, 0.15) is 0 Å². The van der Waals surface area contributed by atoms with Gasteiger partial charge in [-0.3, -0.25) is 9.78 Å². The molecule has 3 N–H and O–H groups in total. The van der Waals surface area contributed by atoms with Gasteiger partial charge in [-0.1, -0.05) is 24.3 Å². The lowest BCUT2D eigenvalue weighted by molar-refractivity contribution is 0.0933. The van der Waals surface area contributed by atoms with Crippen LogP contribution in [0.1, 0.15) is 33.6 Å². The van der Waals surface area contributed by atoms with Crippen LogP contribution in [0.5, 0.6) is 0 Å². The van der Waals surface area contributed by atoms with E-state index in [-0.39, 0.29) is 11.9 Å². The molecule has 4 heteroatoms. The van der Waals surface area contributed by atoms with Gasteiger partial charge in [0.25, 0.3) is 5.91 Å². The SMILES string of the molecule is NCc1cc(C(=O)NC2CCc3ccccc3C2)ccn1. The molecule has 0 fully saturated rings. The van der Waals surface area contributed by atoms with E-state index >= 15 is 0 Å². The molecule has 0 bridgehead atoms. The van der Waals surface area contributed by atoms with E-state index in [4.69, 9.17) is 5.73 Å². The van der Waals surface area contributed by atoms with E-state index in [0.29, 0.717) is 12.1 Å². The highest BCUT2D eigenvalue weighted by atomic mass is 16.1. The van der Waals surface area contributed by atoms with Gasteiger partial charge in [0.05, 0.1) is 5.69 Å². The third kappa shape index (κ3) is 3.11. The van der Waals surface area contributed by atoms with Crippen LogP contribution in [-0.4, -0.2) is 16.9 Å². The zero-order valence-corrected chi connectivity index (χ0v) is 11.9. The molecule has 1 aliphatic rings. The summed E-state index contributed by atoms with van der Waals surface area (Å²) in [6, 6.07) is 12.1. The molecule has 0 spiro atoms. The Bertz CT molecular complexity index is 654. The number of nitrogens with one attached hydrogen (secondary N) is 1. The number of hydrogen-bond acceptors (Lipinski definition) is 3. The summed E-state index contributed by atoms with van der Waals surface area (Å²) in [4.78, 5) is 16.4. The van der Waals surface area contributed by atoms with Crippen molar-refractivity contribution < 1.29 is 4.79 Å². The van der Waals surface area contributed by atoms with Gasteiger partial charge >= 0.3 is 0 Å². The van der Waals surface area contributed by atoms with Crippen LogP contribution in [0, 0.1) is 0 Å². The third-order valence-electron chi connectivity index (χ3n) is 3.97. The zero-order valence-electron chi connectivity index (χ0n) is 11.9. The molecule has 1 heterocycles. The lowest BCUT2D eigenvalue weighted by Gasteiger charge is -2.25. The number of benzene rings is 1. The number of amides is 1. The van der Waals surface area contributed by atoms with Gasteiger partial charge in [-0.05, 0) is 42.5 Å². The third-order valence-corrected chi connectivity index (χ3v) is 3.97. The van der Waals surface area contributed by atoms with Crippen LogP contribution in [0.3, 0.4) is 0 Å². The average molecular weight is 281 g/mol. The smallest absolute Gasteiger partial charge is 0.251 e. The molecule has 2 aromatic rings. The molecule has 0 radical (unpaired) electrons. The molecule has 1 unspecified atom stereocenters. The van der Waals surface area contributed by atoms with Crippen molar-refractivity contribution in [2.75, 3.05) is 0 Å². The predicted molar refractivity (Wildman–Crippen MR) is 81.8 cm³/mol. The quantitative estimate of drug-likeness (QED) is 0.902. The molecular weight excluding hydrogens is 262 g/mol. The Kier molecular flexibility index (Phi) is 3.97. The van der Waals surface area contributed by atoms with Gasteiger partial charge in [-0.2, -0.15) is 0 Å². The van der Waals surface area contributed by atoms with Gasteiger partial charge in [-0.25, -0.2) is 0 Å². The monoisotopic (exact) mass is 281 g/mol. The van der Waals surface area contributed by atoms with Crippen molar-refractivity contribution in [2.45, 2.75) is 31.8 Å². The number of aromatic nitrogens is 1. The van der Waals surface area contributed by atoms with Crippen LogP contribution in [0.25, 0.3) is 0 Å². The fraction of sp³-hybridized carbons (Fsp3) is 0.294. The summed E-state index contributed by atoms with van der Waals surface area (Å²) in [7, 11) is 0. The number of aryl methyl sites for hydroxylation is 1. The van der Waals surface area contributed by atoms with Crippen LogP contribution in [0.15, 0.2) is 42.6 Å². The van der Waals surface area contributed by atoms with Crippen molar-refractivity contribution >= 4 is 5.91 Å². The molecule has 1 aromatic heterocycles. The second-order valence-electron chi connectivity index (χ2n) is 5.42. The molecule has 0 aliphatic heterocycles. The zero-order chi connectivity index (χ0) is 14.7. The number of nitrogens with two attached hydrogens (primary N) is 1. The van der Waals surface area contributed by atoms with E-state index < -0.39 is 0 Å². The van der Waals surface area contributed by atoms with E-state index in [9.17, 15) is 4.79 Å². The van der Waals surface area contributed by atoms with Crippen molar-refractivity contribution in [2.24, 2.45) is 5.73 Å². The number of carbonyl (C=O) groups excluding carboxylic acids is 1. The average Bonchev–Trinajstić information content (AvgIpc) is 2.54. The summed E-state index contributed by atoms with van der Waals surface area (Å²) in [6.45, 7) is 0.345. The first-order valence-corrected chi connectivity index (χ1v) is 7.29. The minimum absolute atomic E-state index is 0.0449. The number of pyridine rings is 1. The Morgan fingerprint density at radius 2 is 2.10 bits per heavy atom. The molecule has 0 saturated carbocycles. The number of carbonyl (C=O) groups is 1. The molecule has 4 nitrogen and oxygen atoms in total. The van der Waals surface area contributed by atoms with Gasteiger partial charge in [-0.15, -0.1) is 0 Å². The van der Waals surface area contributed by atoms with Crippen LogP contribution in [0.2, 0.25) is 0 Å². The summed E-state index contributed by atoms with van der Waals surface area (Å²) >= 11 is 0. The lowest BCUT2D eigenvalue weighted by Crippen LogP contribution is -2.38.